The highest BCUT2D eigenvalue weighted by Crippen LogP contribution is 2.28. The zero-order chi connectivity index (χ0) is 12.1. The molecule has 0 bridgehead atoms. The first-order chi connectivity index (χ1) is 8.33. The number of ether oxygens (including phenoxy) is 1. The molecule has 0 aliphatic heterocycles. The minimum atomic E-state index is 0.544. The van der Waals surface area contributed by atoms with E-state index in [1.54, 1.807) is 0 Å². The summed E-state index contributed by atoms with van der Waals surface area (Å²) in [6.45, 7) is 0.595. The average molecular weight is 337 g/mol. The van der Waals surface area contributed by atoms with Crippen molar-refractivity contribution in [2.45, 2.75) is 12.8 Å². The van der Waals surface area contributed by atoms with Crippen LogP contribution in [-0.2, 0) is 0 Å². The third-order valence-corrected chi connectivity index (χ3v) is 3.46. The van der Waals surface area contributed by atoms with Gasteiger partial charge in [-0.3, -0.25) is 0 Å². The van der Waals surface area contributed by atoms with Gasteiger partial charge in [-0.25, -0.2) is 0 Å². The van der Waals surface area contributed by atoms with Gasteiger partial charge < -0.3 is 4.74 Å². The van der Waals surface area contributed by atoms with Crippen molar-refractivity contribution in [1.82, 2.24) is 0 Å². The maximum absolute atomic E-state index is 8.47. The first-order valence-corrected chi connectivity index (χ1v) is 6.58. The first-order valence-electron chi connectivity index (χ1n) is 5.50. The molecule has 0 N–H and O–H groups in total. The summed E-state index contributed by atoms with van der Waals surface area (Å²) in [6, 6.07) is 14.4. The van der Waals surface area contributed by atoms with Crippen LogP contribution >= 0.6 is 22.6 Å². The topological polar surface area (TPSA) is 33.0 Å². The number of benzene rings is 2. The van der Waals surface area contributed by atoms with Gasteiger partial charge in [0.1, 0.15) is 5.75 Å². The molecule has 0 aromatic heterocycles. The van der Waals surface area contributed by atoms with Crippen LogP contribution in [0.15, 0.2) is 36.4 Å². The second-order valence-corrected chi connectivity index (χ2v) is 4.86. The fourth-order valence-corrected chi connectivity index (χ4v) is 2.38. The standard InChI is InChI=1S/C14H12INO/c15-13-7-3-6-12-11(13)5-4-8-14(12)17-10-2-1-9-16/h3-8H,1-2,10H2. The summed E-state index contributed by atoms with van der Waals surface area (Å²) in [5, 5.41) is 10.8. The lowest BCUT2D eigenvalue weighted by Gasteiger charge is -2.09. The summed E-state index contributed by atoms with van der Waals surface area (Å²) in [5.74, 6) is 0.902. The van der Waals surface area contributed by atoms with Crippen molar-refractivity contribution >= 4 is 33.4 Å². The van der Waals surface area contributed by atoms with E-state index in [1.807, 2.05) is 18.2 Å². The second kappa shape index (κ2) is 5.87. The molecule has 17 heavy (non-hydrogen) atoms. The van der Waals surface area contributed by atoms with Crippen LogP contribution in [0, 0.1) is 14.9 Å². The van der Waals surface area contributed by atoms with Gasteiger partial charge in [0, 0.05) is 15.4 Å². The van der Waals surface area contributed by atoms with Crippen LogP contribution < -0.4 is 4.74 Å². The maximum atomic E-state index is 8.47. The Morgan fingerprint density at radius 3 is 2.71 bits per heavy atom. The number of hydrogen-bond donors (Lipinski definition) is 0. The fourth-order valence-electron chi connectivity index (χ4n) is 1.70. The van der Waals surface area contributed by atoms with E-state index in [1.165, 1.54) is 8.96 Å². The smallest absolute Gasteiger partial charge is 0.127 e. The molecule has 2 aromatic rings. The van der Waals surface area contributed by atoms with Gasteiger partial charge in [0.25, 0.3) is 0 Å². The molecule has 2 aromatic carbocycles. The molecule has 0 saturated carbocycles. The van der Waals surface area contributed by atoms with Crippen molar-refractivity contribution in [2.24, 2.45) is 0 Å². The second-order valence-electron chi connectivity index (χ2n) is 3.70. The number of fused-ring (bicyclic) bond motifs is 1. The average Bonchev–Trinajstić information content (AvgIpc) is 2.36. The minimum absolute atomic E-state index is 0.544. The molecule has 2 nitrogen and oxygen atoms in total. The molecular weight excluding hydrogens is 325 g/mol. The van der Waals surface area contributed by atoms with E-state index in [2.05, 4.69) is 46.9 Å². The Morgan fingerprint density at radius 2 is 1.88 bits per heavy atom. The van der Waals surface area contributed by atoms with Crippen LogP contribution in [0.3, 0.4) is 0 Å². The largest absolute Gasteiger partial charge is 0.493 e. The summed E-state index contributed by atoms with van der Waals surface area (Å²) in [4.78, 5) is 0. The predicted octanol–water partition coefficient (Wildman–Crippen LogP) is 4.13. The maximum Gasteiger partial charge on any atom is 0.127 e. The molecule has 0 amide bonds. The number of nitriles is 1. The van der Waals surface area contributed by atoms with Gasteiger partial charge in [0.05, 0.1) is 12.7 Å². The number of unbranched alkanes of at least 4 members (excludes halogenated alkanes) is 1. The summed E-state index contributed by atoms with van der Waals surface area (Å²) < 4.78 is 6.95. The van der Waals surface area contributed by atoms with E-state index in [9.17, 15) is 0 Å². The monoisotopic (exact) mass is 337 g/mol. The molecule has 0 saturated heterocycles. The van der Waals surface area contributed by atoms with Gasteiger partial charge in [-0.1, -0.05) is 24.3 Å². The van der Waals surface area contributed by atoms with Crippen molar-refractivity contribution in [3.8, 4) is 11.8 Å². The van der Waals surface area contributed by atoms with E-state index in [-0.39, 0.29) is 0 Å². The van der Waals surface area contributed by atoms with E-state index in [0.717, 1.165) is 17.6 Å². The zero-order valence-electron chi connectivity index (χ0n) is 9.32. The fraction of sp³-hybridized carbons (Fsp3) is 0.214. The van der Waals surface area contributed by atoms with Crippen LogP contribution in [0.1, 0.15) is 12.8 Å². The number of halogens is 1. The third-order valence-electron chi connectivity index (χ3n) is 2.52. The third kappa shape index (κ3) is 2.89. The SMILES string of the molecule is N#CCCCOc1cccc2c(I)cccc12. The predicted molar refractivity (Wildman–Crippen MR) is 77.0 cm³/mol. The summed E-state index contributed by atoms with van der Waals surface area (Å²) >= 11 is 2.33. The van der Waals surface area contributed by atoms with Crippen molar-refractivity contribution in [3.05, 3.63) is 40.0 Å². The van der Waals surface area contributed by atoms with Gasteiger partial charge in [-0.2, -0.15) is 5.26 Å². The lowest BCUT2D eigenvalue weighted by molar-refractivity contribution is 0.316. The quantitative estimate of drug-likeness (QED) is 0.621. The molecule has 0 spiro atoms. The van der Waals surface area contributed by atoms with Gasteiger partial charge in [-0.15, -0.1) is 0 Å². The van der Waals surface area contributed by atoms with Gasteiger partial charge >= 0.3 is 0 Å². The van der Waals surface area contributed by atoms with E-state index >= 15 is 0 Å². The lowest BCUT2D eigenvalue weighted by Crippen LogP contribution is -1.97. The first kappa shape index (κ1) is 12.2. The van der Waals surface area contributed by atoms with Crippen molar-refractivity contribution in [1.29, 1.82) is 5.26 Å². The summed E-state index contributed by atoms with van der Waals surface area (Å²) in [5.41, 5.74) is 0. The molecule has 0 fully saturated rings. The Hall–Kier alpha value is -1.28. The summed E-state index contributed by atoms with van der Waals surface area (Å²) in [6.07, 6.45) is 1.32. The highest BCUT2D eigenvalue weighted by atomic mass is 127. The molecular formula is C14H12INO. The molecule has 0 radical (unpaired) electrons. The van der Waals surface area contributed by atoms with Crippen molar-refractivity contribution in [2.75, 3.05) is 6.61 Å². The Kier molecular flexibility index (Phi) is 4.21. The molecule has 0 aliphatic rings. The van der Waals surface area contributed by atoms with E-state index < -0.39 is 0 Å². The highest BCUT2D eigenvalue weighted by molar-refractivity contribution is 14.1. The van der Waals surface area contributed by atoms with Crippen molar-refractivity contribution < 1.29 is 4.74 Å². The van der Waals surface area contributed by atoms with Gasteiger partial charge in [0.15, 0.2) is 0 Å². The molecule has 3 heteroatoms. The van der Waals surface area contributed by atoms with Crippen LogP contribution in [-0.4, -0.2) is 6.61 Å². The van der Waals surface area contributed by atoms with Gasteiger partial charge in [-0.05, 0) is 46.5 Å². The molecule has 0 atom stereocenters. The normalized spacial score (nSPS) is 10.1. The molecule has 2 rings (SSSR count). The summed E-state index contributed by atoms with van der Waals surface area (Å²) in [7, 11) is 0. The molecule has 0 unspecified atom stereocenters. The number of rotatable bonds is 4. The lowest BCUT2D eigenvalue weighted by atomic mass is 10.1. The molecule has 0 heterocycles. The Balaban J connectivity index is 2.23. The Labute approximate surface area is 114 Å². The Bertz CT molecular complexity index is 560. The van der Waals surface area contributed by atoms with Gasteiger partial charge in [0.2, 0.25) is 0 Å². The number of nitrogens with zero attached hydrogens (tertiary/aromatic N) is 1. The minimum Gasteiger partial charge on any atom is -0.493 e. The Morgan fingerprint density at radius 1 is 1.12 bits per heavy atom. The zero-order valence-corrected chi connectivity index (χ0v) is 11.5. The van der Waals surface area contributed by atoms with Crippen LogP contribution in [0.5, 0.6) is 5.75 Å². The van der Waals surface area contributed by atoms with Crippen LogP contribution in [0.2, 0.25) is 0 Å². The van der Waals surface area contributed by atoms with Crippen LogP contribution in [0.25, 0.3) is 10.8 Å². The number of hydrogen-bond acceptors (Lipinski definition) is 2. The molecule has 86 valence electrons. The van der Waals surface area contributed by atoms with Crippen LogP contribution in [0.4, 0.5) is 0 Å². The highest BCUT2D eigenvalue weighted by Gasteiger charge is 2.03. The van der Waals surface area contributed by atoms with E-state index in [0.29, 0.717) is 13.0 Å². The van der Waals surface area contributed by atoms with E-state index in [4.69, 9.17) is 10.00 Å². The van der Waals surface area contributed by atoms with Crippen molar-refractivity contribution in [3.63, 3.8) is 0 Å². The molecule has 0 aliphatic carbocycles.